The zero-order valence-corrected chi connectivity index (χ0v) is 15.6. The number of hydrogen-bond donors (Lipinski definition) is 1. The summed E-state index contributed by atoms with van der Waals surface area (Å²) in [6.07, 6.45) is 2.63. The van der Waals surface area contributed by atoms with Gasteiger partial charge in [-0.05, 0) is 47.8 Å². The molecule has 1 aromatic carbocycles. The highest BCUT2D eigenvalue weighted by atomic mass is 32.1. The lowest BCUT2D eigenvalue weighted by molar-refractivity contribution is 0.0685. The van der Waals surface area contributed by atoms with Gasteiger partial charge < -0.3 is 5.32 Å². The zero-order valence-electron chi connectivity index (χ0n) is 14.8. The summed E-state index contributed by atoms with van der Waals surface area (Å²) >= 11 is 1.91. The summed E-state index contributed by atoms with van der Waals surface area (Å²) in [6, 6.07) is 15.9. The first-order valence-corrected chi connectivity index (χ1v) is 9.66. The molecule has 0 spiro atoms. The van der Waals surface area contributed by atoms with E-state index in [1.165, 1.54) is 28.2 Å². The Kier molecular flexibility index (Phi) is 4.93. The van der Waals surface area contributed by atoms with Crippen molar-refractivity contribution in [1.29, 1.82) is 0 Å². The SMILES string of the molecule is CC1[C@@H](C)[C@H](NCc2ccc(-c3ccccc3)s2)CCC1(C)C. The number of benzene rings is 1. The monoisotopic (exact) mass is 327 g/mol. The molecular formula is C21H29NS. The first kappa shape index (κ1) is 16.7. The molecule has 3 rings (SSSR count). The van der Waals surface area contributed by atoms with Gasteiger partial charge in [-0.2, -0.15) is 0 Å². The van der Waals surface area contributed by atoms with Gasteiger partial charge in [0.2, 0.25) is 0 Å². The van der Waals surface area contributed by atoms with Crippen LogP contribution in [0.25, 0.3) is 10.4 Å². The Morgan fingerprint density at radius 3 is 2.57 bits per heavy atom. The molecule has 23 heavy (non-hydrogen) atoms. The standard InChI is InChI=1S/C21H29NS/c1-15-16(2)21(3,4)13-12-19(15)22-14-18-10-11-20(23-18)17-8-6-5-7-9-17/h5-11,15-16,19,22H,12-14H2,1-4H3/t15-,16?,19-/m1/s1. The Balaban J connectivity index is 1.60. The second-order valence-electron chi connectivity index (χ2n) is 7.79. The van der Waals surface area contributed by atoms with E-state index in [1.54, 1.807) is 0 Å². The van der Waals surface area contributed by atoms with E-state index in [2.05, 4.69) is 75.5 Å². The molecule has 0 aliphatic heterocycles. The number of nitrogens with one attached hydrogen (secondary N) is 1. The predicted octanol–water partition coefficient (Wildman–Crippen LogP) is 5.97. The van der Waals surface area contributed by atoms with E-state index in [0.29, 0.717) is 11.5 Å². The molecule has 2 heteroatoms. The fourth-order valence-electron chi connectivity index (χ4n) is 3.83. The van der Waals surface area contributed by atoms with E-state index in [1.807, 2.05) is 11.3 Å². The average Bonchev–Trinajstić information content (AvgIpc) is 3.02. The molecule has 1 aromatic heterocycles. The van der Waals surface area contributed by atoms with Crippen LogP contribution in [0, 0.1) is 17.3 Å². The van der Waals surface area contributed by atoms with Gasteiger partial charge in [-0.1, -0.05) is 58.0 Å². The third-order valence-electron chi connectivity index (χ3n) is 6.01. The second-order valence-corrected chi connectivity index (χ2v) is 8.96. The molecule has 1 nitrogen and oxygen atoms in total. The maximum Gasteiger partial charge on any atom is 0.0346 e. The summed E-state index contributed by atoms with van der Waals surface area (Å²) in [5, 5.41) is 3.83. The van der Waals surface area contributed by atoms with Crippen LogP contribution >= 0.6 is 11.3 Å². The average molecular weight is 328 g/mol. The first-order chi connectivity index (χ1) is 11.0. The first-order valence-electron chi connectivity index (χ1n) is 8.85. The molecule has 3 atom stereocenters. The summed E-state index contributed by atoms with van der Waals surface area (Å²) in [7, 11) is 0. The minimum atomic E-state index is 0.487. The molecule has 124 valence electrons. The van der Waals surface area contributed by atoms with E-state index < -0.39 is 0 Å². The van der Waals surface area contributed by atoms with Crippen molar-refractivity contribution in [2.24, 2.45) is 17.3 Å². The van der Waals surface area contributed by atoms with Gasteiger partial charge in [-0.25, -0.2) is 0 Å². The molecule has 0 saturated heterocycles. The topological polar surface area (TPSA) is 12.0 Å². The van der Waals surface area contributed by atoms with Crippen LogP contribution < -0.4 is 5.32 Å². The minimum Gasteiger partial charge on any atom is -0.309 e. The molecule has 0 radical (unpaired) electrons. The predicted molar refractivity (Wildman–Crippen MR) is 102 cm³/mol. The van der Waals surface area contributed by atoms with E-state index in [-0.39, 0.29) is 0 Å². The van der Waals surface area contributed by atoms with Crippen molar-refractivity contribution in [1.82, 2.24) is 5.32 Å². The second kappa shape index (κ2) is 6.78. The fraction of sp³-hybridized carbons (Fsp3) is 0.524. The van der Waals surface area contributed by atoms with Gasteiger partial charge in [0.05, 0.1) is 0 Å². The molecule has 0 amide bonds. The largest absolute Gasteiger partial charge is 0.309 e. The summed E-state index contributed by atoms with van der Waals surface area (Å²) in [5.41, 5.74) is 1.81. The Morgan fingerprint density at radius 2 is 1.83 bits per heavy atom. The molecule has 0 bridgehead atoms. The Morgan fingerprint density at radius 1 is 1.09 bits per heavy atom. The third-order valence-corrected chi connectivity index (χ3v) is 7.15. The van der Waals surface area contributed by atoms with Crippen molar-refractivity contribution in [3.8, 4) is 10.4 Å². The maximum absolute atomic E-state index is 3.83. The highest BCUT2D eigenvalue weighted by Gasteiger charge is 2.38. The van der Waals surface area contributed by atoms with Crippen molar-refractivity contribution >= 4 is 11.3 Å². The van der Waals surface area contributed by atoms with Crippen LogP contribution in [0.4, 0.5) is 0 Å². The number of thiophene rings is 1. The molecule has 2 aromatic rings. The van der Waals surface area contributed by atoms with Gasteiger partial charge in [0.25, 0.3) is 0 Å². The van der Waals surface area contributed by atoms with Crippen molar-refractivity contribution in [2.45, 2.75) is 53.1 Å². The lowest BCUT2D eigenvalue weighted by Gasteiger charge is -2.45. The van der Waals surface area contributed by atoms with Gasteiger partial charge in [0.15, 0.2) is 0 Å². The van der Waals surface area contributed by atoms with Gasteiger partial charge in [0.1, 0.15) is 0 Å². The van der Waals surface area contributed by atoms with E-state index in [4.69, 9.17) is 0 Å². The lowest BCUT2D eigenvalue weighted by Crippen LogP contribution is -2.46. The van der Waals surface area contributed by atoms with Crippen LogP contribution in [0.3, 0.4) is 0 Å². The Hall–Kier alpha value is -1.12. The number of hydrogen-bond acceptors (Lipinski definition) is 2. The van der Waals surface area contributed by atoms with E-state index in [9.17, 15) is 0 Å². The fourth-order valence-corrected chi connectivity index (χ4v) is 4.79. The lowest BCUT2D eigenvalue weighted by atomic mass is 9.63. The molecule has 1 fully saturated rings. The third kappa shape index (κ3) is 3.70. The van der Waals surface area contributed by atoms with Gasteiger partial charge in [-0.15, -0.1) is 11.3 Å². The van der Waals surface area contributed by atoms with Crippen LogP contribution in [-0.2, 0) is 6.54 Å². The molecule has 1 N–H and O–H groups in total. The molecule has 1 aliphatic rings. The van der Waals surface area contributed by atoms with Crippen LogP contribution in [0.1, 0.15) is 45.4 Å². The van der Waals surface area contributed by atoms with Crippen molar-refractivity contribution in [3.05, 3.63) is 47.3 Å². The number of rotatable bonds is 4. The van der Waals surface area contributed by atoms with Crippen LogP contribution in [0.15, 0.2) is 42.5 Å². The Labute approximate surface area is 145 Å². The van der Waals surface area contributed by atoms with Crippen molar-refractivity contribution in [2.75, 3.05) is 0 Å². The van der Waals surface area contributed by atoms with Crippen molar-refractivity contribution in [3.63, 3.8) is 0 Å². The quantitative estimate of drug-likeness (QED) is 0.730. The smallest absolute Gasteiger partial charge is 0.0346 e. The van der Waals surface area contributed by atoms with E-state index in [0.717, 1.165) is 18.4 Å². The maximum atomic E-state index is 3.83. The highest BCUT2D eigenvalue weighted by Crippen LogP contribution is 2.43. The van der Waals surface area contributed by atoms with Crippen LogP contribution in [0.2, 0.25) is 0 Å². The zero-order chi connectivity index (χ0) is 16.4. The normalized spacial score (nSPS) is 27.0. The van der Waals surface area contributed by atoms with Gasteiger partial charge in [0, 0.05) is 22.3 Å². The molecular weight excluding hydrogens is 298 g/mol. The van der Waals surface area contributed by atoms with E-state index >= 15 is 0 Å². The van der Waals surface area contributed by atoms with Gasteiger partial charge >= 0.3 is 0 Å². The molecule has 1 unspecified atom stereocenters. The Bertz CT molecular complexity index is 628. The molecule has 1 heterocycles. The molecule has 1 aliphatic carbocycles. The van der Waals surface area contributed by atoms with Crippen LogP contribution in [0.5, 0.6) is 0 Å². The summed E-state index contributed by atoms with van der Waals surface area (Å²) in [6.45, 7) is 10.7. The summed E-state index contributed by atoms with van der Waals surface area (Å²) in [4.78, 5) is 2.81. The van der Waals surface area contributed by atoms with Gasteiger partial charge in [-0.3, -0.25) is 0 Å². The van der Waals surface area contributed by atoms with Crippen LogP contribution in [-0.4, -0.2) is 6.04 Å². The van der Waals surface area contributed by atoms with Crippen molar-refractivity contribution < 1.29 is 0 Å². The highest BCUT2D eigenvalue weighted by molar-refractivity contribution is 7.15. The molecule has 1 saturated carbocycles. The summed E-state index contributed by atoms with van der Waals surface area (Å²) in [5.74, 6) is 1.52. The summed E-state index contributed by atoms with van der Waals surface area (Å²) < 4.78 is 0. The minimum absolute atomic E-state index is 0.487.